The molecule has 128 valence electrons. The van der Waals surface area contributed by atoms with Crippen LogP contribution >= 0.6 is 0 Å². The van der Waals surface area contributed by atoms with Gasteiger partial charge in [-0.1, -0.05) is 64.1 Å². The molecule has 2 rings (SSSR count). The predicted molar refractivity (Wildman–Crippen MR) is 99.2 cm³/mol. The van der Waals surface area contributed by atoms with Crippen LogP contribution in [0.2, 0.25) is 0 Å². The zero-order valence-electron chi connectivity index (χ0n) is 15.0. The van der Waals surface area contributed by atoms with E-state index in [2.05, 4.69) is 31.3 Å². The monoisotopic (exact) mass is 325 g/mol. The highest BCUT2D eigenvalue weighted by Crippen LogP contribution is 2.29. The standard InChI is InChI=1S/C21H27NO2/c1-15(2)18-10-5-6-11-19(18)16-8-7-9-17(12-16)20(24)22-13-21(3,4)14-23/h5-12,15,23H,13-14H2,1-4H3,(H,22,24). The molecule has 0 aromatic heterocycles. The van der Waals surface area contributed by atoms with Gasteiger partial charge in [-0.15, -0.1) is 0 Å². The van der Waals surface area contributed by atoms with Crippen molar-refractivity contribution >= 4 is 5.91 Å². The average Bonchev–Trinajstić information content (AvgIpc) is 2.60. The second-order valence-corrected chi connectivity index (χ2v) is 7.33. The lowest BCUT2D eigenvalue weighted by Gasteiger charge is -2.22. The highest BCUT2D eigenvalue weighted by molar-refractivity contribution is 5.95. The van der Waals surface area contributed by atoms with Crippen molar-refractivity contribution in [3.8, 4) is 11.1 Å². The van der Waals surface area contributed by atoms with Crippen molar-refractivity contribution in [3.63, 3.8) is 0 Å². The Morgan fingerprint density at radius 2 is 1.83 bits per heavy atom. The molecule has 3 nitrogen and oxygen atoms in total. The first-order valence-corrected chi connectivity index (χ1v) is 8.42. The van der Waals surface area contributed by atoms with Crippen molar-refractivity contribution < 1.29 is 9.90 Å². The van der Waals surface area contributed by atoms with E-state index in [4.69, 9.17) is 0 Å². The normalized spacial score (nSPS) is 11.6. The minimum atomic E-state index is -0.322. The van der Waals surface area contributed by atoms with Crippen LogP contribution in [-0.2, 0) is 0 Å². The Morgan fingerprint density at radius 1 is 1.12 bits per heavy atom. The van der Waals surface area contributed by atoms with Crippen LogP contribution in [0.5, 0.6) is 0 Å². The Morgan fingerprint density at radius 3 is 2.50 bits per heavy atom. The van der Waals surface area contributed by atoms with Gasteiger partial charge < -0.3 is 10.4 Å². The molecule has 3 heteroatoms. The van der Waals surface area contributed by atoms with E-state index in [0.29, 0.717) is 18.0 Å². The van der Waals surface area contributed by atoms with Crippen molar-refractivity contribution in [1.82, 2.24) is 5.32 Å². The van der Waals surface area contributed by atoms with E-state index in [1.165, 1.54) is 5.56 Å². The molecule has 1 amide bonds. The molecule has 0 atom stereocenters. The third-order valence-corrected chi connectivity index (χ3v) is 4.17. The third kappa shape index (κ3) is 4.45. The van der Waals surface area contributed by atoms with Gasteiger partial charge in [0.05, 0.1) is 0 Å². The van der Waals surface area contributed by atoms with E-state index in [-0.39, 0.29) is 17.9 Å². The molecule has 24 heavy (non-hydrogen) atoms. The Balaban J connectivity index is 2.25. The maximum absolute atomic E-state index is 12.4. The van der Waals surface area contributed by atoms with Gasteiger partial charge in [0.2, 0.25) is 0 Å². The molecule has 2 N–H and O–H groups in total. The lowest BCUT2D eigenvalue weighted by Crippen LogP contribution is -2.36. The molecular weight excluding hydrogens is 298 g/mol. The lowest BCUT2D eigenvalue weighted by atomic mass is 9.92. The van der Waals surface area contributed by atoms with Gasteiger partial charge in [0.1, 0.15) is 0 Å². The molecule has 2 aromatic rings. The Labute approximate surface area is 144 Å². The van der Waals surface area contributed by atoms with Crippen molar-refractivity contribution in [1.29, 1.82) is 0 Å². The number of rotatable bonds is 6. The molecule has 0 bridgehead atoms. The second-order valence-electron chi connectivity index (χ2n) is 7.33. The Bertz CT molecular complexity index is 704. The predicted octanol–water partition coefficient (Wildman–Crippen LogP) is 4.23. The average molecular weight is 325 g/mol. The molecule has 0 unspecified atom stereocenters. The van der Waals surface area contributed by atoms with Gasteiger partial charge in [0, 0.05) is 24.1 Å². The fourth-order valence-electron chi connectivity index (χ4n) is 2.57. The summed E-state index contributed by atoms with van der Waals surface area (Å²) in [5, 5.41) is 12.2. The van der Waals surface area contributed by atoms with Crippen LogP contribution in [-0.4, -0.2) is 24.2 Å². The number of carbonyl (C=O) groups is 1. The molecule has 0 heterocycles. The van der Waals surface area contributed by atoms with Crippen molar-refractivity contribution in [3.05, 3.63) is 59.7 Å². The number of aliphatic hydroxyl groups excluding tert-OH is 1. The minimum Gasteiger partial charge on any atom is -0.396 e. The number of hydrogen-bond donors (Lipinski definition) is 2. The first-order chi connectivity index (χ1) is 11.3. The van der Waals surface area contributed by atoms with E-state index in [9.17, 15) is 9.90 Å². The molecular formula is C21H27NO2. The number of nitrogens with one attached hydrogen (secondary N) is 1. The number of aliphatic hydroxyl groups is 1. The molecule has 0 aliphatic carbocycles. The van der Waals surface area contributed by atoms with Crippen molar-refractivity contribution in [2.75, 3.05) is 13.2 Å². The summed E-state index contributed by atoms with van der Waals surface area (Å²) in [6, 6.07) is 16.0. The first kappa shape index (κ1) is 18.2. The van der Waals surface area contributed by atoms with Crippen LogP contribution in [0.25, 0.3) is 11.1 Å². The molecule has 2 aromatic carbocycles. The van der Waals surface area contributed by atoms with Gasteiger partial charge >= 0.3 is 0 Å². The van der Waals surface area contributed by atoms with Crippen LogP contribution < -0.4 is 5.32 Å². The van der Waals surface area contributed by atoms with Gasteiger partial charge in [-0.05, 0) is 34.7 Å². The fourth-order valence-corrected chi connectivity index (χ4v) is 2.57. The van der Waals surface area contributed by atoms with Gasteiger partial charge in [-0.2, -0.15) is 0 Å². The van der Waals surface area contributed by atoms with Crippen LogP contribution in [0, 0.1) is 5.41 Å². The minimum absolute atomic E-state index is 0.0368. The molecule has 0 aliphatic rings. The smallest absolute Gasteiger partial charge is 0.251 e. The molecule has 0 fully saturated rings. The quantitative estimate of drug-likeness (QED) is 0.835. The summed E-state index contributed by atoms with van der Waals surface area (Å²) in [5.74, 6) is 0.310. The molecule has 0 saturated heterocycles. The second kappa shape index (κ2) is 7.63. The van der Waals surface area contributed by atoms with E-state index in [1.54, 1.807) is 0 Å². The topological polar surface area (TPSA) is 49.3 Å². The van der Waals surface area contributed by atoms with Crippen LogP contribution in [0.1, 0.15) is 49.5 Å². The lowest BCUT2D eigenvalue weighted by molar-refractivity contribution is 0.0911. The van der Waals surface area contributed by atoms with E-state index in [0.717, 1.165) is 11.1 Å². The van der Waals surface area contributed by atoms with Gasteiger partial charge in [-0.25, -0.2) is 0 Å². The number of amides is 1. The maximum Gasteiger partial charge on any atom is 0.251 e. The highest BCUT2D eigenvalue weighted by Gasteiger charge is 2.18. The summed E-state index contributed by atoms with van der Waals surface area (Å²) in [5.41, 5.74) is 3.81. The number of hydrogen-bond acceptors (Lipinski definition) is 2. The van der Waals surface area contributed by atoms with Gasteiger partial charge in [0.15, 0.2) is 0 Å². The largest absolute Gasteiger partial charge is 0.396 e. The van der Waals surface area contributed by atoms with E-state index < -0.39 is 0 Å². The summed E-state index contributed by atoms with van der Waals surface area (Å²) in [4.78, 5) is 12.4. The zero-order chi connectivity index (χ0) is 17.7. The highest BCUT2D eigenvalue weighted by atomic mass is 16.3. The summed E-state index contributed by atoms with van der Waals surface area (Å²) in [6.45, 7) is 8.66. The maximum atomic E-state index is 12.4. The van der Waals surface area contributed by atoms with Gasteiger partial charge in [0.25, 0.3) is 5.91 Å². The molecule has 0 radical (unpaired) electrons. The van der Waals surface area contributed by atoms with Crippen molar-refractivity contribution in [2.45, 2.75) is 33.6 Å². The fraction of sp³-hybridized carbons (Fsp3) is 0.381. The van der Waals surface area contributed by atoms with Crippen LogP contribution in [0.4, 0.5) is 0 Å². The number of benzene rings is 2. The summed E-state index contributed by atoms with van der Waals surface area (Å²) < 4.78 is 0. The first-order valence-electron chi connectivity index (χ1n) is 8.42. The van der Waals surface area contributed by atoms with Crippen molar-refractivity contribution in [2.24, 2.45) is 5.41 Å². The zero-order valence-corrected chi connectivity index (χ0v) is 15.0. The summed E-state index contributed by atoms with van der Waals surface area (Å²) >= 11 is 0. The molecule has 0 saturated carbocycles. The SMILES string of the molecule is CC(C)c1ccccc1-c1cccc(C(=O)NCC(C)(C)CO)c1. The van der Waals surface area contributed by atoms with Crippen LogP contribution in [0.3, 0.4) is 0 Å². The van der Waals surface area contributed by atoms with E-state index >= 15 is 0 Å². The van der Waals surface area contributed by atoms with Crippen LogP contribution in [0.15, 0.2) is 48.5 Å². The molecule has 0 spiro atoms. The summed E-state index contributed by atoms with van der Waals surface area (Å²) in [7, 11) is 0. The Hall–Kier alpha value is -2.13. The van der Waals surface area contributed by atoms with E-state index in [1.807, 2.05) is 50.2 Å². The number of carbonyl (C=O) groups excluding carboxylic acids is 1. The van der Waals surface area contributed by atoms with Gasteiger partial charge in [-0.3, -0.25) is 4.79 Å². The third-order valence-electron chi connectivity index (χ3n) is 4.17. The Kier molecular flexibility index (Phi) is 5.79. The molecule has 0 aliphatic heterocycles. The summed E-state index contributed by atoms with van der Waals surface area (Å²) in [6.07, 6.45) is 0.